The predicted octanol–water partition coefficient (Wildman–Crippen LogP) is 3.61. The second kappa shape index (κ2) is 9.76. The lowest BCUT2D eigenvalue weighted by molar-refractivity contribution is -0.137. The molecule has 6 nitrogen and oxygen atoms in total. The molecule has 5 rings (SSSR count). The van der Waals surface area contributed by atoms with E-state index in [1.165, 1.54) is 12.1 Å². The first-order valence-electron chi connectivity index (χ1n) is 12.9. The lowest BCUT2D eigenvalue weighted by Gasteiger charge is -2.49. The molecule has 9 heteroatoms. The number of alkyl halides is 3. The van der Waals surface area contributed by atoms with Gasteiger partial charge in [-0.05, 0) is 80.2 Å². The molecule has 3 fully saturated rings. The van der Waals surface area contributed by atoms with Crippen molar-refractivity contribution in [2.75, 3.05) is 19.6 Å². The van der Waals surface area contributed by atoms with E-state index in [-0.39, 0.29) is 35.8 Å². The summed E-state index contributed by atoms with van der Waals surface area (Å²) in [6.07, 6.45) is -0.342. The van der Waals surface area contributed by atoms with Crippen LogP contribution in [0.25, 0.3) is 0 Å². The van der Waals surface area contributed by atoms with Crippen LogP contribution < -0.4 is 16.0 Å². The minimum absolute atomic E-state index is 0.105. The summed E-state index contributed by atoms with van der Waals surface area (Å²) in [5.41, 5.74) is -1.45. The maximum atomic E-state index is 13.0. The Labute approximate surface area is 214 Å². The van der Waals surface area contributed by atoms with Gasteiger partial charge in [-0.3, -0.25) is 9.59 Å². The standard InChI is InChI=1S/C28H32F3N3O3/c29-28(30,31)22-8-4-5-18(13-22)25(36)33-16-24(35)34-26(11-12-32-17-26)23-14-20-9-10-21(15-23)27(20,37)19-6-2-1-3-7-19/h1-8,13,20-21,23,32,37H,9-12,14-17H2,(H,33,36)(H,34,35)/t20?,21?,23?,26-,27?/m0/s1. The highest BCUT2D eigenvalue weighted by atomic mass is 19.4. The van der Waals surface area contributed by atoms with Gasteiger partial charge in [0.15, 0.2) is 0 Å². The molecule has 3 atom stereocenters. The number of hydrogen-bond donors (Lipinski definition) is 4. The monoisotopic (exact) mass is 515 g/mol. The molecule has 2 aromatic carbocycles. The van der Waals surface area contributed by atoms with E-state index >= 15 is 0 Å². The van der Waals surface area contributed by atoms with E-state index in [1.807, 2.05) is 30.3 Å². The van der Waals surface area contributed by atoms with E-state index in [2.05, 4.69) is 16.0 Å². The second-order valence-electron chi connectivity index (χ2n) is 10.7. The van der Waals surface area contributed by atoms with Gasteiger partial charge in [0, 0.05) is 12.1 Å². The molecule has 1 aliphatic heterocycles. The van der Waals surface area contributed by atoms with Crippen molar-refractivity contribution >= 4 is 11.8 Å². The van der Waals surface area contributed by atoms with Crippen LogP contribution in [0, 0.1) is 17.8 Å². The average Bonchev–Trinajstić information content (AvgIpc) is 3.40. The van der Waals surface area contributed by atoms with E-state index in [9.17, 15) is 27.9 Å². The normalized spacial score (nSPS) is 31.2. The zero-order valence-corrected chi connectivity index (χ0v) is 20.5. The van der Waals surface area contributed by atoms with E-state index < -0.39 is 28.8 Å². The van der Waals surface area contributed by atoms with Gasteiger partial charge in [0.05, 0.1) is 23.2 Å². The number of rotatable bonds is 6. The molecule has 1 saturated heterocycles. The topological polar surface area (TPSA) is 90.5 Å². The molecule has 2 amide bonds. The molecule has 2 unspecified atom stereocenters. The van der Waals surface area contributed by atoms with Crippen LogP contribution in [0.2, 0.25) is 0 Å². The third kappa shape index (κ3) is 4.86. The minimum Gasteiger partial charge on any atom is -0.385 e. The number of fused-ring (bicyclic) bond motifs is 2. The quantitative estimate of drug-likeness (QED) is 0.473. The molecule has 0 spiro atoms. The molecular weight excluding hydrogens is 483 g/mol. The van der Waals surface area contributed by atoms with Gasteiger partial charge in [-0.25, -0.2) is 0 Å². The summed E-state index contributed by atoms with van der Waals surface area (Å²) >= 11 is 0. The van der Waals surface area contributed by atoms with Gasteiger partial charge in [-0.2, -0.15) is 13.2 Å². The van der Waals surface area contributed by atoms with Crippen LogP contribution in [0.1, 0.15) is 53.6 Å². The van der Waals surface area contributed by atoms with Crippen molar-refractivity contribution in [3.63, 3.8) is 0 Å². The zero-order chi connectivity index (χ0) is 26.3. The summed E-state index contributed by atoms with van der Waals surface area (Å²) in [7, 11) is 0. The van der Waals surface area contributed by atoms with Crippen molar-refractivity contribution in [1.29, 1.82) is 0 Å². The number of carbonyl (C=O) groups excluding carboxylic acids is 2. The average molecular weight is 516 g/mol. The Kier molecular flexibility index (Phi) is 6.79. The fourth-order valence-corrected chi connectivity index (χ4v) is 6.87. The Hall–Kier alpha value is -2.91. The fourth-order valence-electron chi connectivity index (χ4n) is 6.87. The first-order valence-corrected chi connectivity index (χ1v) is 12.9. The van der Waals surface area contributed by atoms with Crippen LogP contribution in [-0.4, -0.2) is 42.1 Å². The third-order valence-electron chi connectivity index (χ3n) is 8.70. The molecule has 37 heavy (non-hydrogen) atoms. The van der Waals surface area contributed by atoms with Gasteiger partial charge >= 0.3 is 6.18 Å². The van der Waals surface area contributed by atoms with Gasteiger partial charge in [0.1, 0.15) is 0 Å². The van der Waals surface area contributed by atoms with Crippen molar-refractivity contribution in [2.24, 2.45) is 17.8 Å². The molecule has 2 aliphatic carbocycles. The number of aliphatic hydroxyl groups is 1. The maximum Gasteiger partial charge on any atom is 0.416 e. The van der Waals surface area contributed by atoms with Crippen molar-refractivity contribution in [3.05, 3.63) is 71.3 Å². The highest BCUT2D eigenvalue weighted by molar-refractivity contribution is 5.96. The molecule has 3 aliphatic rings. The molecule has 0 aromatic heterocycles. The Morgan fingerprint density at radius 1 is 1.00 bits per heavy atom. The molecule has 0 radical (unpaired) electrons. The summed E-state index contributed by atoms with van der Waals surface area (Å²) in [5.74, 6) is -0.724. The van der Waals surface area contributed by atoms with Gasteiger partial charge in [-0.1, -0.05) is 36.4 Å². The van der Waals surface area contributed by atoms with Crippen molar-refractivity contribution in [3.8, 4) is 0 Å². The van der Waals surface area contributed by atoms with Crippen LogP contribution in [-0.2, 0) is 16.6 Å². The number of benzene rings is 2. The Bertz CT molecular complexity index is 1130. The summed E-state index contributed by atoms with van der Waals surface area (Å²) < 4.78 is 38.9. The number of carbonyl (C=O) groups is 2. The van der Waals surface area contributed by atoms with Gasteiger partial charge in [-0.15, -0.1) is 0 Å². The number of halogens is 3. The van der Waals surface area contributed by atoms with Crippen molar-refractivity contribution in [2.45, 2.75) is 49.4 Å². The second-order valence-corrected chi connectivity index (χ2v) is 10.7. The minimum atomic E-state index is -4.55. The summed E-state index contributed by atoms with van der Waals surface area (Å²) in [5, 5.41) is 20.7. The van der Waals surface area contributed by atoms with Gasteiger partial charge in [0.2, 0.25) is 5.91 Å². The first-order chi connectivity index (χ1) is 17.6. The molecular formula is C28H32F3N3O3. The van der Waals surface area contributed by atoms with E-state index in [0.29, 0.717) is 6.54 Å². The molecule has 2 bridgehead atoms. The van der Waals surface area contributed by atoms with E-state index in [1.54, 1.807) is 0 Å². The summed E-state index contributed by atoms with van der Waals surface area (Å²) in [4.78, 5) is 25.4. The molecule has 198 valence electrons. The highest BCUT2D eigenvalue weighted by Gasteiger charge is 2.58. The molecule has 2 saturated carbocycles. The SMILES string of the molecule is O=C(CNC(=O)c1cccc(C(F)(F)F)c1)N[C@@]1(C2CC3CCC(C2)C3(O)c2ccccc2)CCNC1. The Morgan fingerprint density at radius 2 is 1.70 bits per heavy atom. The smallest absolute Gasteiger partial charge is 0.385 e. The van der Waals surface area contributed by atoms with Gasteiger partial charge in [0.25, 0.3) is 5.91 Å². The van der Waals surface area contributed by atoms with Crippen molar-refractivity contribution in [1.82, 2.24) is 16.0 Å². The number of hydrogen-bond acceptors (Lipinski definition) is 4. The van der Waals surface area contributed by atoms with Crippen LogP contribution in [0.4, 0.5) is 13.2 Å². The molecule has 2 aromatic rings. The number of nitrogens with one attached hydrogen (secondary N) is 3. The Balaban J connectivity index is 1.24. The summed E-state index contributed by atoms with van der Waals surface area (Å²) in [6, 6.07) is 14.0. The Morgan fingerprint density at radius 3 is 2.32 bits per heavy atom. The first kappa shape index (κ1) is 25.7. The highest BCUT2D eigenvalue weighted by Crippen LogP contribution is 2.58. The third-order valence-corrected chi connectivity index (χ3v) is 8.70. The molecule has 1 heterocycles. The van der Waals surface area contributed by atoms with Crippen molar-refractivity contribution < 1.29 is 27.9 Å². The summed E-state index contributed by atoms with van der Waals surface area (Å²) in [6.45, 7) is 1.03. The lowest BCUT2D eigenvalue weighted by atomic mass is 9.62. The van der Waals surface area contributed by atoms with E-state index in [0.717, 1.165) is 56.3 Å². The lowest BCUT2D eigenvalue weighted by Crippen LogP contribution is -2.60. The van der Waals surface area contributed by atoms with Gasteiger partial charge < -0.3 is 21.1 Å². The van der Waals surface area contributed by atoms with Crippen LogP contribution in [0.5, 0.6) is 0 Å². The zero-order valence-electron chi connectivity index (χ0n) is 20.5. The van der Waals surface area contributed by atoms with Crippen LogP contribution in [0.3, 0.4) is 0 Å². The van der Waals surface area contributed by atoms with Crippen LogP contribution >= 0.6 is 0 Å². The largest absolute Gasteiger partial charge is 0.416 e. The molecule has 4 N–H and O–H groups in total. The predicted molar refractivity (Wildman–Crippen MR) is 131 cm³/mol. The fraction of sp³-hybridized carbons (Fsp3) is 0.500. The van der Waals surface area contributed by atoms with E-state index in [4.69, 9.17) is 0 Å². The maximum absolute atomic E-state index is 13.0. The van der Waals surface area contributed by atoms with Crippen LogP contribution in [0.15, 0.2) is 54.6 Å². The number of amides is 2.